The molecule has 3 amide bonds. The Morgan fingerprint density at radius 2 is 1.82 bits per heavy atom. The third kappa shape index (κ3) is 4.71. The van der Waals surface area contributed by atoms with Crippen LogP contribution in [0.15, 0.2) is 48.5 Å². The lowest BCUT2D eigenvalue weighted by Crippen LogP contribution is -2.55. The first-order valence-corrected chi connectivity index (χ1v) is 10.6. The molecule has 2 atom stereocenters. The van der Waals surface area contributed by atoms with Crippen molar-refractivity contribution in [3.05, 3.63) is 54.1 Å². The number of ether oxygens (including phenoxy) is 1. The van der Waals surface area contributed by atoms with E-state index in [0.29, 0.717) is 35.6 Å². The predicted molar refractivity (Wildman–Crippen MR) is 122 cm³/mol. The number of carbonyl (C=O) groups is 3. The number of aliphatic hydroxyl groups is 1. The number of nitrogens with zero attached hydrogens (tertiary/aromatic N) is 2. The molecule has 2 aromatic carbocycles. The number of morpholine rings is 1. The standard InChI is InChI=1S/C23H25N5O5/c24-21(25)14-6-8-15(9-7-14)26-22(31)19(30)20-23(32)28(11-12-33-20)17-4-1-3-16(13-17)27-10-2-5-18(27)29/h1,3-4,6-9,13,19-20,30H,2,5,10-12H2,(H3,24,25)(H,26,31)/t19-,20-/m1/s1. The molecule has 2 saturated heterocycles. The molecule has 0 aromatic heterocycles. The summed E-state index contributed by atoms with van der Waals surface area (Å²) in [6.45, 7) is 1.03. The highest BCUT2D eigenvalue weighted by atomic mass is 16.5. The van der Waals surface area contributed by atoms with Crippen molar-refractivity contribution in [1.82, 2.24) is 0 Å². The molecule has 2 fully saturated rings. The largest absolute Gasteiger partial charge is 0.384 e. The number of hydrogen-bond acceptors (Lipinski definition) is 6. The summed E-state index contributed by atoms with van der Waals surface area (Å²) in [5.74, 6) is -1.39. The van der Waals surface area contributed by atoms with Crippen LogP contribution < -0.4 is 20.9 Å². The average molecular weight is 451 g/mol. The van der Waals surface area contributed by atoms with Gasteiger partial charge < -0.3 is 30.7 Å². The van der Waals surface area contributed by atoms with Gasteiger partial charge in [-0.15, -0.1) is 0 Å². The fraction of sp³-hybridized carbons (Fsp3) is 0.304. The zero-order valence-electron chi connectivity index (χ0n) is 17.9. The first-order chi connectivity index (χ1) is 15.8. The number of aliphatic hydroxyl groups excluding tert-OH is 1. The van der Waals surface area contributed by atoms with E-state index in [1.807, 2.05) is 6.07 Å². The molecule has 0 spiro atoms. The molecule has 172 valence electrons. The Hall–Kier alpha value is -3.76. The number of hydrogen-bond donors (Lipinski definition) is 4. The van der Waals surface area contributed by atoms with Gasteiger partial charge in [-0.2, -0.15) is 0 Å². The highest BCUT2D eigenvalue weighted by molar-refractivity contribution is 6.04. The normalized spacial score (nSPS) is 19.5. The number of amides is 3. The number of nitrogens with one attached hydrogen (secondary N) is 2. The van der Waals surface area contributed by atoms with Gasteiger partial charge >= 0.3 is 0 Å². The van der Waals surface area contributed by atoms with Gasteiger partial charge in [0.15, 0.2) is 12.2 Å². The van der Waals surface area contributed by atoms with Crippen LogP contribution in [0.3, 0.4) is 0 Å². The van der Waals surface area contributed by atoms with Gasteiger partial charge in [0.2, 0.25) is 5.91 Å². The lowest BCUT2D eigenvalue weighted by Gasteiger charge is -2.34. The first kappa shape index (κ1) is 22.4. The van der Waals surface area contributed by atoms with Crippen molar-refractivity contribution < 1.29 is 24.2 Å². The summed E-state index contributed by atoms with van der Waals surface area (Å²) in [7, 11) is 0. The minimum atomic E-state index is -1.73. The summed E-state index contributed by atoms with van der Waals surface area (Å²) in [5, 5.41) is 20.5. The van der Waals surface area contributed by atoms with Crippen LogP contribution in [0.4, 0.5) is 17.1 Å². The molecule has 0 bridgehead atoms. The number of amidine groups is 1. The molecule has 0 radical (unpaired) electrons. The molecule has 10 heteroatoms. The van der Waals surface area contributed by atoms with Gasteiger partial charge in [0, 0.05) is 42.1 Å². The van der Waals surface area contributed by atoms with Crippen molar-refractivity contribution in [2.75, 3.05) is 34.8 Å². The predicted octanol–water partition coefficient (Wildman–Crippen LogP) is 0.829. The van der Waals surface area contributed by atoms with E-state index >= 15 is 0 Å². The van der Waals surface area contributed by atoms with Gasteiger partial charge in [0.05, 0.1) is 6.61 Å². The Labute approximate surface area is 190 Å². The Morgan fingerprint density at radius 3 is 2.45 bits per heavy atom. The molecule has 5 N–H and O–H groups in total. The summed E-state index contributed by atoms with van der Waals surface area (Å²) in [6.07, 6.45) is -1.80. The fourth-order valence-electron chi connectivity index (χ4n) is 3.93. The molecule has 10 nitrogen and oxygen atoms in total. The Kier molecular flexibility index (Phi) is 6.38. The van der Waals surface area contributed by atoms with Crippen LogP contribution in [0, 0.1) is 5.41 Å². The summed E-state index contributed by atoms with van der Waals surface area (Å²) in [5.41, 5.74) is 7.57. The van der Waals surface area contributed by atoms with Crippen LogP contribution in [0.2, 0.25) is 0 Å². The minimum absolute atomic E-state index is 0.0433. The lowest BCUT2D eigenvalue weighted by atomic mass is 10.1. The smallest absolute Gasteiger partial charge is 0.259 e. The van der Waals surface area contributed by atoms with Gasteiger partial charge in [-0.1, -0.05) is 6.07 Å². The second-order valence-corrected chi connectivity index (χ2v) is 7.88. The number of nitrogen functional groups attached to an aromatic ring is 1. The molecule has 2 aliphatic rings. The fourth-order valence-corrected chi connectivity index (χ4v) is 3.93. The lowest BCUT2D eigenvalue weighted by molar-refractivity contribution is -0.150. The van der Waals surface area contributed by atoms with Crippen molar-refractivity contribution >= 4 is 40.6 Å². The van der Waals surface area contributed by atoms with E-state index in [2.05, 4.69) is 5.32 Å². The summed E-state index contributed by atoms with van der Waals surface area (Å²) >= 11 is 0. The number of nitrogens with two attached hydrogens (primary N) is 1. The zero-order chi connectivity index (χ0) is 23.5. The molecule has 2 aliphatic heterocycles. The van der Waals surface area contributed by atoms with Crippen LogP contribution in [-0.2, 0) is 19.1 Å². The number of benzene rings is 2. The monoisotopic (exact) mass is 451 g/mol. The van der Waals surface area contributed by atoms with E-state index in [9.17, 15) is 19.5 Å². The van der Waals surface area contributed by atoms with Crippen molar-refractivity contribution in [3.8, 4) is 0 Å². The van der Waals surface area contributed by atoms with Crippen LogP contribution >= 0.6 is 0 Å². The van der Waals surface area contributed by atoms with Crippen molar-refractivity contribution in [1.29, 1.82) is 5.41 Å². The van der Waals surface area contributed by atoms with Gasteiger partial charge in [0.1, 0.15) is 5.84 Å². The van der Waals surface area contributed by atoms with E-state index in [-0.39, 0.29) is 24.9 Å². The molecule has 33 heavy (non-hydrogen) atoms. The second kappa shape index (κ2) is 9.39. The first-order valence-electron chi connectivity index (χ1n) is 10.6. The van der Waals surface area contributed by atoms with Gasteiger partial charge in [-0.05, 0) is 48.9 Å². The Morgan fingerprint density at radius 1 is 1.12 bits per heavy atom. The molecule has 0 unspecified atom stereocenters. The third-order valence-electron chi connectivity index (χ3n) is 5.67. The molecule has 4 rings (SSSR count). The SMILES string of the molecule is N=C(N)c1ccc(NC(=O)[C@H](O)[C@H]2OCCN(c3cccc(N4CCCC4=O)c3)C2=O)cc1. The van der Waals surface area contributed by atoms with E-state index in [1.54, 1.807) is 47.4 Å². The molecule has 0 aliphatic carbocycles. The van der Waals surface area contributed by atoms with E-state index in [4.69, 9.17) is 15.9 Å². The van der Waals surface area contributed by atoms with E-state index < -0.39 is 24.0 Å². The maximum Gasteiger partial charge on any atom is 0.259 e. The number of carbonyl (C=O) groups excluding carboxylic acids is 3. The van der Waals surface area contributed by atoms with E-state index in [1.165, 1.54) is 4.90 Å². The minimum Gasteiger partial charge on any atom is -0.384 e. The maximum absolute atomic E-state index is 13.1. The molecule has 0 saturated carbocycles. The summed E-state index contributed by atoms with van der Waals surface area (Å²) < 4.78 is 5.45. The van der Waals surface area contributed by atoms with E-state index in [0.717, 1.165) is 6.42 Å². The molecule has 2 aromatic rings. The van der Waals surface area contributed by atoms with Crippen molar-refractivity contribution in [2.24, 2.45) is 5.73 Å². The Bertz CT molecular complexity index is 1090. The second-order valence-electron chi connectivity index (χ2n) is 7.88. The van der Waals surface area contributed by atoms with Crippen LogP contribution in [0.25, 0.3) is 0 Å². The third-order valence-corrected chi connectivity index (χ3v) is 5.67. The Balaban J connectivity index is 1.46. The van der Waals surface area contributed by atoms with Gasteiger partial charge in [-0.25, -0.2) is 0 Å². The van der Waals surface area contributed by atoms with Gasteiger partial charge in [0.25, 0.3) is 11.8 Å². The van der Waals surface area contributed by atoms with Crippen molar-refractivity contribution in [3.63, 3.8) is 0 Å². The molecule has 2 heterocycles. The zero-order valence-corrected chi connectivity index (χ0v) is 17.9. The summed E-state index contributed by atoms with van der Waals surface area (Å²) in [4.78, 5) is 40.9. The number of rotatable bonds is 6. The average Bonchev–Trinajstić information content (AvgIpc) is 3.25. The maximum atomic E-state index is 13.1. The highest BCUT2D eigenvalue weighted by Gasteiger charge is 2.39. The van der Waals surface area contributed by atoms with Crippen LogP contribution in [-0.4, -0.2) is 60.6 Å². The van der Waals surface area contributed by atoms with Crippen molar-refractivity contribution in [2.45, 2.75) is 25.0 Å². The van der Waals surface area contributed by atoms with Gasteiger partial charge in [-0.3, -0.25) is 19.8 Å². The summed E-state index contributed by atoms with van der Waals surface area (Å²) in [6, 6.07) is 13.3. The highest BCUT2D eigenvalue weighted by Crippen LogP contribution is 2.28. The quantitative estimate of drug-likeness (QED) is 0.378. The number of anilines is 3. The van der Waals surface area contributed by atoms with Crippen LogP contribution in [0.5, 0.6) is 0 Å². The van der Waals surface area contributed by atoms with Crippen LogP contribution in [0.1, 0.15) is 18.4 Å². The molecular formula is C23H25N5O5. The topological polar surface area (TPSA) is 149 Å². The molecular weight excluding hydrogens is 426 g/mol.